The largest absolute Gasteiger partial charge is 0.496 e. The predicted octanol–water partition coefficient (Wildman–Crippen LogP) is 5.07. The van der Waals surface area contributed by atoms with E-state index in [0.29, 0.717) is 32.5 Å². The molecule has 0 amide bonds. The number of hydrazone groups is 1. The average molecular weight is 423 g/mol. The van der Waals surface area contributed by atoms with Crippen LogP contribution in [0.4, 0.5) is 10.9 Å². The van der Waals surface area contributed by atoms with Crippen molar-refractivity contribution in [3.63, 3.8) is 0 Å². The molecule has 0 saturated carbocycles. The molecule has 1 heterocycles. The third kappa shape index (κ3) is 5.03. The van der Waals surface area contributed by atoms with Crippen molar-refractivity contribution in [1.29, 1.82) is 0 Å². The number of nitrogens with one attached hydrogen (secondary N) is 1. The molecule has 0 aliphatic heterocycles. The first-order valence-corrected chi connectivity index (χ1v) is 9.44. The maximum Gasteiger partial charge on any atom is 0.205 e. The molecule has 3 rings (SSSR count). The van der Waals surface area contributed by atoms with Gasteiger partial charge < -0.3 is 15.2 Å². The Labute approximate surface area is 170 Å². The topological polar surface area (TPSA) is 81.8 Å². The first-order chi connectivity index (χ1) is 13.1. The van der Waals surface area contributed by atoms with Crippen LogP contribution < -0.4 is 20.6 Å². The number of nitrogens with two attached hydrogens (primary N) is 1. The molecule has 0 spiro atoms. The van der Waals surface area contributed by atoms with Gasteiger partial charge in [-0.3, -0.25) is 5.43 Å². The minimum absolute atomic E-state index is 0.241. The van der Waals surface area contributed by atoms with Crippen molar-refractivity contribution < 1.29 is 9.47 Å². The van der Waals surface area contributed by atoms with Crippen LogP contribution in [0.1, 0.15) is 11.1 Å². The Morgan fingerprint density at radius 2 is 2.04 bits per heavy atom. The Bertz CT molecular complexity index is 942. The van der Waals surface area contributed by atoms with Crippen molar-refractivity contribution in [2.24, 2.45) is 5.10 Å². The van der Waals surface area contributed by atoms with Gasteiger partial charge in [0.15, 0.2) is 5.75 Å². The van der Waals surface area contributed by atoms with Crippen molar-refractivity contribution in [3.8, 4) is 11.5 Å². The normalized spacial score (nSPS) is 10.9. The molecule has 3 aromatic rings. The summed E-state index contributed by atoms with van der Waals surface area (Å²) in [6.07, 6.45) is 1.67. The molecule has 2 aromatic carbocycles. The number of anilines is 2. The van der Waals surface area contributed by atoms with Crippen LogP contribution in [0.25, 0.3) is 0 Å². The molecule has 0 aliphatic rings. The number of halogens is 2. The summed E-state index contributed by atoms with van der Waals surface area (Å²) in [4.78, 5) is 4.07. The molecule has 3 N–H and O–H groups in total. The zero-order valence-corrected chi connectivity index (χ0v) is 16.6. The van der Waals surface area contributed by atoms with Crippen LogP contribution in [-0.2, 0) is 6.61 Å². The zero-order valence-electron chi connectivity index (χ0n) is 14.3. The molecule has 0 radical (unpaired) electrons. The number of hydrogen-bond donors (Lipinski definition) is 2. The molecule has 6 nitrogen and oxygen atoms in total. The Morgan fingerprint density at radius 3 is 2.70 bits per heavy atom. The molecular weight excluding hydrogens is 407 g/mol. The molecule has 0 saturated heterocycles. The molecule has 0 aliphatic carbocycles. The van der Waals surface area contributed by atoms with Crippen LogP contribution in [-0.4, -0.2) is 18.3 Å². The minimum Gasteiger partial charge on any atom is -0.496 e. The number of hydrogen-bond acceptors (Lipinski definition) is 7. The summed E-state index contributed by atoms with van der Waals surface area (Å²) in [7, 11) is 1.60. The molecule has 0 atom stereocenters. The summed E-state index contributed by atoms with van der Waals surface area (Å²) >= 11 is 13.7. The number of para-hydroxylation sites is 1. The molecule has 0 fully saturated rings. The van der Waals surface area contributed by atoms with E-state index in [1.807, 2.05) is 18.2 Å². The highest BCUT2D eigenvalue weighted by Gasteiger charge is 2.10. The maximum absolute atomic E-state index is 6.15. The van der Waals surface area contributed by atoms with Gasteiger partial charge in [0, 0.05) is 10.9 Å². The van der Waals surface area contributed by atoms with Crippen molar-refractivity contribution in [1.82, 2.24) is 4.98 Å². The van der Waals surface area contributed by atoms with E-state index in [1.54, 1.807) is 36.9 Å². The Morgan fingerprint density at radius 1 is 1.26 bits per heavy atom. The summed E-state index contributed by atoms with van der Waals surface area (Å²) in [5.41, 5.74) is 10.1. The van der Waals surface area contributed by atoms with Gasteiger partial charge in [0.05, 0.1) is 23.4 Å². The van der Waals surface area contributed by atoms with Crippen LogP contribution in [0.15, 0.2) is 46.9 Å². The predicted molar refractivity (Wildman–Crippen MR) is 112 cm³/mol. The summed E-state index contributed by atoms with van der Waals surface area (Å²) < 4.78 is 11.2. The van der Waals surface area contributed by atoms with Gasteiger partial charge in [0.2, 0.25) is 5.13 Å². The van der Waals surface area contributed by atoms with Crippen LogP contribution >= 0.6 is 34.5 Å². The summed E-state index contributed by atoms with van der Waals surface area (Å²) in [5, 5.41) is 7.42. The monoisotopic (exact) mass is 422 g/mol. The lowest BCUT2D eigenvalue weighted by Gasteiger charge is -2.13. The maximum atomic E-state index is 6.15. The fourth-order valence-electron chi connectivity index (χ4n) is 2.26. The number of methoxy groups -OCH3 is 1. The van der Waals surface area contributed by atoms with E-state index < -0.39 is 0 Å². The second kappa shape index (κ2) is 8.94. The number of nitrogen functional groups attached to an aromatic ring is 1. The van der Waals surface area contributed by atoms with Gasteiger partial charge in [0.25, 0.3) is 0 Å². The zero-order chi connectivity index (χ0) is 19.2. The van der Waals surface area contributed by atoms with Gasteiger partial charge in [0.1, 0.15) is 18.2 Å². The second-order valence-corrected chi connectivity index (χ2v) is 7.03. The molecular formula is C18H16Cl2N4O2S. The fraction of sp³-hybridized carbons (Fsp3) is 0.111. The summed E-state index contributed by atoms with van der Waals surface area (Å²) in [5.74, 6) is 1.58. The number of ether oxygens (including phenoxy) is 2. The van der Waals surface area contributed by atoms with Gasteiger partial charge >= 0.3 is 0 Å². The smallest absolute Gasteiger partial charge is 0.205 e. The third-order valence-electron chi connectivity index (χ3n) is 3.49. The Kier molecular flexibility index (Phi) is 6.39. The van der Waals surface area contributed by atoms with E-state index >= 15 is 0 Å². The highest BCUT2D eigenvalue weighted by Crippen LogP contribution is 2.33. The van der Waals surface area contributed by atoms with Gasteiger partial charge in [-0.2, -0.15) is 5.10 Å². The summed E-state index contributed by atoms with van der Waals surface area (Å²) in [6, 6.07) is 10.8. The lowest BCUT2D eigenvalue weighted by atomic mass is 10.1. The quantitative estimate of drug-likeness (QED) is 0.410. The number of rotatable bonds is 7. The van der Waals surface area contributed by atoms with Gasteiger partial charge in [-0.15, -0.1) is 11.3 Å². The Balaban J connectivity index is 1.73. The van der Waals surface area contributed by atoms with Gasteiger partial charge in [-0.1, -0.05) is 29.3 Å². The first kappa shape index (κ1) is 19.3. The van der Waals surface area contributed by atoms with Gasteiger partial charge in [-0.05, 0) is 35.9 Å². The van der Waals surface area contributed by atoms with Crippen LogP contribution in [0.2, 0.25) is 10.0 Å². The molecule has 1 aromatic heterocycles. The highest BCUT2D eigenvalue weighted by molar-refractivity contribution is 7.14. The second-order valence-electron chi connectivity index (χ2n) is 5.36. The first-order valence-electron chi connectivity index (χ1n) is 7.80. The highest BCUT2D eigenvalue weighted by atomic mass is 35.5. The van der Waals surface area contributed by atoms with Crippen molar-refractivity contribution in [2.75, 3.05) is 18.3 Å². The van der Waals surface area contributed by atoms with Crippen LogP contribution in [0, 0.1) is 0 Å². The van der Waals surface area contributed by atoms with E-state index in [-0.39, 0.29) is 6.61 Å². The fourth-order valence-corrected chi connectivity index (χ4v) is 3.32. The van der Waals surface area contributed by atoms with Crippen LogP contribution in [0.5, 0.6) is 11.5 Å². The molecule has 0 bridgehead atoms. The van der Waals surface area contributed by atoms with Crippen molar-refractivity contribution in [2.45, 2.75) is 6.61 Å². The number of benzene rings is 2. The average Bonchev–Trinajstić information content (AvgIpc) is 3.07. The number of thiazole rings is 1. The lowest BCUT2D eigenvalue weighted by Crippen LogP contribution is -2.01. The van der Waals surface area contributed by atoms with E-state index in [4.69, 9.17) is 38.4 Å². The summed E-state index contributed by atoms with van der Waals surface area (Å²) in [6.45, 7) is 0.241. The molecule has 9 heteroatoms. The minimum atomic E-state index is 0.241. The van der Waals surface area contributed by atoms with E-state index in [2.05, 4.69) is 15.5 Å². The SMILES string of the molecule is COc1ccc(C=NNc2nc(N)cs2)cc1COc1c(Cl)cccc1Cl. The van der Waals surface area contributed by atoms with Crippen molar-refractivity contribution in [3.05, 3.63) is 63.0 Å². The molecule has 27 heavy (non-hydrogen) atoms. The lowest BCUT2D eigenvalue weighted by molar-refractivity contribution is 0.297. The van der Waals surface area contributed by atoms with Crippen LogP contribution in [0.3, 0.4) is 0 Å². The van der Waals surface area contributed by atoms with E-state index in [9.17, 15) is 0 Å². The molecule has 0 unspecified atom stereocenters. The Hall–Kier alpha value is -2.48. The van der Waals surface area contributed by atoms with E-state index in [1.165, 1.54) is 11.3 Å². The van der Waals surface area contributed by atoms with E-state index in [0.717, 1.165) is 11.1 Å². The third-order valence-corrected chi connectivity index (χ3v) is 4.85. The number of nitrogens with zero attached hydrogens (tertiary/aromatic N) is 2. The standard InChI is InChI=1S/C18H16Cl2N4O2S/c1-25-15-6-5-11(8-22-24-18-23-16(21)10-27-18)7-12(15)9-26-17-13(19)3-2-4-14(17)20/h2-8,10H,9,21H2,1H3,(H,23,24). The van der Waals surface area contributed by atoms with Gasteiger partial charge in [-0.25, -0.2) is 4.98 Å². The molecule has 140 valence electrons. The van der Waals surface area contributed by atoms with Crippen molar-refractivity contribution >= 4 is 51.7 Å². The number of aromatic nitrogens is 1.